The Kier molecular flexibility index (Phi) is 4.46. The van der Waals surface area contributed by atoms with Gasteiger partial charge in [-0.15, -0.1) is 0 Å². The number of hydrogen-bond acceptors (Lipinski definition) is 2. The lowest BCUT2D eigenvalue weighted by Gasteiger charge is -2.10. The zero-order chi connectivity index (χ0) is 14.7. The molecule has 0 unspecified atom stereocenters. The first-order chi connectivity index (χ1) is 9.49. The lowest BCUT2D eigenvalue weighted by molar-refractivity contribution is 0.102. The fourth-order valence-electron chi connectivity index (χ4n) is 1.67. The molecule has 0 spiro atoms. The molecular weight excluding hydrogens is 343 g/mol. The predicted octanol–water partition coefficient (Wildman–Crippen LogP) is 3.47. The molecule has 2 rings (SSSR count). The summed E-state index contributed by atoms with van der Waals surface area (Å²) in [5, 5.41) is 2.67. The minimum atomic E-state index is -0.485. The van der Waals surface area contributed by atoms with Gasteiger partial charge in [0.05, 0.1) is 11.3 Å². The summed E-state index contributed by atoms with van der Waals surface area (Å²) in [5.41, 5.74) is 6.84. The molecule has 0 saturated heterocycles. The van der Waals surface area contributed by atoms with Crippen molar-refractivity contribution in [3.05, 3.63) is 63.9 Å². The van der Waals surface area contributed by atoms with E-state index in [-0.39, 0.29) is 10.6 Å². The quantitative estimate of drug-likeness (QED) is 0.831. The summed E-state index contributed by atoms with van der Waals surface area (Å²) in [5.74, 6) is -0.930. The van der Waals surface area contributed by atoms with E-state index in [4.69, 9.17) is 18.0 Å². The second-order valence-corrected chi connectivity index (χ2v) is 5.28. The Balaban J connectivity index is 2.33. The molecule has 102 valence electrons. The van der Waals surface area contributed by atoms with Crippen LogP contribution >= 0.6 is 28.1 Å². The smallest absolute Gasteiger partial charge is 0.256 e. The van der Waals surface area contributed by atoms with E-state index in [0.717, 1.165) is 6.07 Å². The summed E-state index contributed by atoms with van der Waals surface area (Å²) in [6.45, 7) is 0. The van der Waals surface area contributed by atoms with Crippen LogP contribution < -0.4 is 11.1 Å². The molecule has 0 atom stereocenters. The molecule has 0 saturated carbocycles. The molecule has 0 heterocycles. The summed E-state index contributed by atoms with van der Waals surface area (Å²) in [6, 6.07) is 10.8. The van der Waals surface area contributed by atoms with E-state index < -0.39 is 11.7 Å². The number of carbonyl (C=O) groups is 1. The van der Waals surface area contributed by atoms with Gasteiger partial charge in [-0.2, -0.15) is 0 Å². The van der Waals surface area contributed by atoms with E-state index in [2.05, 4.69) is 21.2 Å². The van der Waals surface area contributed by atoms with Crippen molar-refractivity contribution in [2.45, 2.75) is 0 Å². The summed E-state index contributed by atoms with van der Waals surface area (Å²) in [4.78, 5) is 12.3. The first kappa shape index (κ1) is 14.6. The molecule has 0 bridgehead atoms. The van der Waals surface area contributed by atoms with Gasteiger partial charge in [-0.3, -0.25) is 4.79 Å². The topological polar surface area (TPSA) is 55.1 Å². The molecule has 20 heavy (non-hydrogen) atoms. The van der Waals surface area contributed by atoms with Crippen molar-refractivity contribution in [1.82, 2.24) is 0 Å². The third kappa shape index (κ3) is 3.20. The largest absolute Gasteiger partial charge is 0.389 e. The van der Waals surface area contributed by atoms with Crippen molar-refractivity contribution in [1.29, 1.82) is 0 Å². The van der Waals surface area contributed by atoms with Crippen LogP contribution in [0.5, 0.6) is 0 Å². The number of benzene rings is 2. The minimum absolute atomic E-state index is 0.180. The fraction of sp³-hybridized carbons (Fsp3) is 0. The fourth-order valence-corrected chi connectivity index (χ4v) is 2.27. The number of para-hydroxylation sites is 1. The van der Waals surface area contributed by atoms with Crippen LogP contribution in [0, 0.1) is 5.82 Å². The third-order valence-corrected chi connectivity index (χ3v) is 3.53. The zero-order valence-corrected chi connectivity index (χ0v) is 12.6. The molecule has 2 aromatic rings. The van der Waals surface area contributed by atoms with Gasteiger partial charge in [0.15, 0.2) is 0 Å². The summed E-state index contributed by atoms with van der Waals surface area (Å²) < 4.78 is 13.7. The number of nitrogens with two attached hydrogens (primary N) is 1. The van der Waals surface area contributed by atoms with E-state index in [9.17, 15) is 9.18 Å². The molecule has 2 aromatic carbocycles. The van der Waals surface area contributed by atoms with Crippen molar-refractivity contribution >= 4 is 44.7 Å². The van der Waals surface area contributed by atoms with Crippen LogP contribution in [0.4, 0.5) is 10.1 Å². The molecule has 0 fully saturated rings. The molecule has 3 nitrogen and oxygen atoms in total. The number of anilines is 1. The number of halogens is 2. The highest BCUT2D eigenvalue weighted by atomic mass is 79.9. The van der Waals surface area contributed by atoms with Gasteiger partial charge in [-0.25, -0.2) is 4.39 Å². The number of carbonyl (C=O) groups excluding carboxylic acids is 1. The maximum atomic E-state index is 13.2. The second-order valence-electron chi connectivity index (χ2n) is 3.99. The van der Waals surface area contributed by atoms with Crippen molar-refractivity contribution in [3.8, 4) is 0 Å². The minimum Gasteiger partial charge on any atom is -0.389 e. The van der Waals surface area contributed by atoms with Crippen molar-refractivity contribution < 1.29 is 9.18 Å². The van der Waals surface area contributed by atoms with Gasteiger partial charge < -0.3 is 11.1 Å². The van der Waals surface area contributed by atoms with E-state index in [1.165, 1.54) is 12.1 Å². The number of amides is 1. The Hall–Kier alpha value is -1.79. The number of rotatable bonds is 3. The number of hydrogen-bond donors (Lipinski definition) is 2. The van der Waals surface area contributed by atoms with Gasteiger partial charge in [0.1, 0.15) is 10.8 Å². The van der Waals surface area contributed by atoms with E-state index in [1.807, 2.05) is 0 Å². The lowest BCUT2D eigenvalue weighted by atomic mass is 10.1. The maximum absolute atomic E-state index is 13.2. The van der Waals surface area contributed by atoms with Gasteiger partial charge >= 0.3 is 0 Å². The monoisotopic (exact) mass is 352 g/mol. The highest BCUT2D eigenvalue weighted by Crippen LogP contribution is 2.21. The Labute approximate surface area is 129 Å². The molecular formula is C14H10BrFN2OS. The van der Waals surface area contributed by atoms with Crippen molar-refractivity contribution in [2.75, 3.05) is 5.32 Å². The lowest BCUT2D eigenvalue weighted by Crippen LogP contribution is -2.18. The number of thiocarbonyl (C=S) groups is 1. The maximum Gasteiger partial charge on any atom is 0.256 e. The second kappa shape index (κ2) is 6.11. The molecule has 0 aliphatic carbocycles. The molecule has 1 amide bonds. The van der Waals surface area contributed by atoms with E-state index in [0.29, 0.717) is 15.7 Å². The Morgan fingerprint density at radius 2 is 1.90 bits per heavy atom. The molecule has 0 aromatic heterocycles. The van der Waals surface area contributed by atoms with Crippen LogP contribution in [0.1, 0.15) is 15.9 Å². The van der Waals surface area contributed by atoms with Crippen LogP contribution in [0.25, 0.3) is 0 Å². The average Bonchev–Trinajstić information content (AvgIpc) is 2.41. The molecule has 0 aliphatic rings. The first-order valence-electron chi connectivity index (χ1n) is 5.64. The van der Waals surface area contributed by atoms with Crippen LogP contribution in [-0.4, -0.2) is 10.9 Å². The molecule has 6 heteroatoms. The van der Waals surface area contributed by atoms with Crippen LogP contribution in [0.15, 0.2) is 46.9 Å². The Bertz CT molecular complexity index is 691. The van der Waals surface area contributed by atoms with Gasteiger partial charge in [-0.05, 0) is 46.3 Å². The third-order valence-electron chi connectivity index (χ3n) is 2.61. The average molecular weight is 353 g/mol. The Morgan fingerprint density at radius 3 is 2.60 bits per heavy atom. The summed E-state index contributed by atoms with van der Waals surface area (Å²) in [7, 11) is 0. The molecule has 0 radical (unpaired) electrons. The van der Waals surface area contributed by atoms with Gasteiger partial charge in [0.25, 0.3) is 5.91 Å². The molecule has 0 aliphatic heterocycles. The normalized spacial score (nSPS) is 10.1. The summed E-state index contributed by atoms with van der Waals surface area (Å²) >= 11 is 8.14. The first-order valence-corrected chi connectivity index (χ1v) is 6.84. The summed E-state index contributed by atoms with van der Waals surface area (Å²) in [6.07, 6.45) is 0. The standard InChI is InChI=1S/C14H10BrFN2OS/c15-11-6-5-8(16)7-10(11)14(19)18-12-4-2-1-3-9(12)13(17)20/h1-7H,(H2,17,20)(H,18,19). The SMILES string of the molecule is NC(=S)c1ccccc1NC(=O)c1cc(F)ccc1Br. The predicted molar refractivity (Wildman–Crippen MR) is 84.4 cm³/mol. The van der Waals surface area contributed by atoms with E-state index >= 15 is 0 Å². The Morgan fingerprint density at radius 1 is 1.20 bits per heavy atom. The van der Waals surface area contributed by atoms with Gasteiger partial charge in [-0.1, -0.05) is 24.4 Å². The molecule has 3 N–H and O–H groups in total. The van der Waals surface area contributed by atoms with Crippen molar-refractivity contribution in [3.63, 3.8) is 0 Å². The van der Waals surface area contributed by atoms with Crippen LogP contribution in [-0.2, 0) is 0 Å². The number of nitrogens with one attached hydrogen (secondary N) is 1. The highest BCUT2D eigenvalue weighted by Gasteiger charge is 2.13. The van der Waals surface area contributed by atoms with Crippen molar-refractivity contribution in [2.24, 2.45) is 5.73 Å². The van der Waals surface area contributed by atoms with Gasteiger partial charge in [0.2, 0.25) is 0 Å². The van der Waals surface area contributed by atoms with Gasteiger partial charge in [0, 0.05) is 10.0 Å². The van der Waals surface area contributed by atoms with Crippen LogP contribution in [0.2, 0.25) is 0 Å². The zero-order valence-electron chi connectivity index (χ0n) is 10.2. The van der Waals surface area contributed by atoms with Crippen LogP contribution in [0.3, 0.4) is 0 Å². The van der Waals surface area contributed by atoms with E-state index in [1.54, 1.807) is 24.3 Å². The highest BCUT2D eigenvalue weighted by molar-refractivity contribution is 9.10.